The highest BCUT2D eigenvalue weighted by atomic mass is 79.9. The van der Waals surface area contributed by atoms with Crippen LogP contribution in [0.4, 0.5) is 18.9 Å². The van der Waals surface area contributed by atoms with Crippen molar-refractivity contribution in [3.8, 4) is 0 Å². The molecule has 8 heteroatoms. The third-order valence-electron chi connectivity index (χ3n) is 5.50. The second-order valence-corrected chi connectivity index (χ2v) is 8.76. The molecule has 2 atom stereocenters. The number of fused-ring (bicyclic) bond motifs is 2. The number of aliphatic hydroxyl groups is 1. The number of aromatic amines is 1. The van der Waals surface area contributed by atoms with Crippen LogP contribution in [0.25, 0.3) is 10.9 Å². The summed E-state index contributed by atoms with van der Waals surface area (Å²) >= 11 is 3.49. The lowest BCUT2D eigenvalue weighted by Gasteiger charge is -2.49. The van der Waals surface area contributed by atoms with Gasteiger partial charge in [-0.3, -0.25) is 5.10 Å². The van der Waals surface area contributed by atoms with Crippen LogP contribution in [0.15, 0.2) is 47.1 Å². The molecule has 0 bridgehead atoms. The number of nitrogens with one attached hydrogen (secondary N) is 2. The van der Waals surface area contributed by atoms with Crippen molar-refractivity contribution in [2.24, 2.45) is 0 Å². The first kappa shape index (κ1) is 19.3. The average molecular weight is 454 g/mol. The quantitative estimate of drug-likeness (QED) is 0.483. The fraction of sp³-hybridized carbons (Fsp3) is 0.350. The van der Waals surface area contributed by atoms with Gasteiger partial charge in [-0.15, -0.1) is 0 Å². The van der Waals surface area contributed by atoms with Crippen LogP contribution in [0.3, 0.4) is 0 Å². The van der Waals surface area contributed by atoms with Crippen molar-refractivity contribution in [2.75, 3.05) is 5.32 Å². The van der Waals surface area contributed by atoms with E-state index in [2.05, 4.69) is 31.4 Å². The SMILES string of the molecule is CC1(C)CC(O)(C(F)(F)F)C(Nc2cccc3[nH]ncc23)c2cccc(Br)c21. The van der Waals surface area contributed by atoms with Gasteiger partial charge in [-0.05, 0) is 41.2 Å². The number of benzene rings is 2. The first-order chi connectivity index (χ1) is 13.0. The molecule has 0 amide bonds. The molecule has 3 aromatic rings. The van der Waals surface area contributed by atoms with Crippen molar-refractivity contribution in [3.05, 3.63) is 58.2 Å². The maximum atomic E-state index is 14.1. The van der Waals surface area contributed by atoms with E-state index in [1.807, 2.05) is 6.07 Å². The third kappa shape index (κ3) is 2.81. The molecule has 1 heterocycles. The molecule has 0 saturated carbocycles. The molecule has 148 valence electrons. The number of hydrogen-bond acceptors (Lipinski definition) is 3. The summed E-state index contributed by atoms with van der Waals surface area (Å²) in [5.74, 6) is 0. The zero-order chi connectivity index (χ0) is 20.3. The van der Waals surface area contributed by atoms with Crippen LogP contribution in [0.1, 0.15) is 37.4 Å². The summed E-state index contributed by atoms with van der Waals surface area (Å²) in [5.41, 5.74) is -1.45. The van der Waals surface area contributed by atoms with Gasteiger partial charge in [0.25, 0.3) is 0 Å². The Bertz CT molecular complexity index is 1050. The molecule has 0 aliphatic heterocycles. The fourth-order valence-electron chi connectivity index (χ4n) is 4.33. The van der Waals surface area contributed by atoms with Gasteiger partial charge in [-0.2, -0.15) is 18.3 Å². The summed E-state index contributed by atoms with van der Waals surface area (Å²) in [6, 6.07) is 8.98. The summed E-state index contributed by atoms with van der Waals surface area (Å²) in [4.78, 5) is 0. The molecule has 0 fully saturated rings. The number of nitrogens with zero attached hydrogens (tertiary/aromatic N) is 1. The van der Waals surface area contributed by atoms with Crippen molar-refractivity contribution < 1.29 is 18.3 Å². The van der Waals surface area contributed by atoms with Gasteiger partial charge < -0.3 is 10.4 Å². The summed E-state index contributed by atoms with van der Waals surface area (Å²) in [7, 11) is 0. The average Bonchev–Trinajstić information content (AvgIpc) is 3.06. The van der Waals surface area contributed by atoms with E-state index in [-0.39, 0.29) is 0 Å². The number of anilines is 1. The maximum Gasteiger partial charge on any atom is 0.419 e. The van der Waals surface area contributed by atoms with Crippen LogP contribution in [0.2, 0.25) is 0 Å². The maximum absolute atomic E-state index is 14.1. The molecule has 0 radical (unpaired) electrons. The van der Waals surface area contributed by atoms with Crippen LogP contribution < -0.4 is 5.32 Å². The van der Waals surface area contributed by atoms with Crippen LogP contribution in [0, 0.1) is 0 Å². The summed E-state index contributed by atoms with van der Waals surface area (Å²) in [6.45, 7) is 3.45. The molecule has 2 aromatic carbocycles. The lowest BCUT2D eigenvalue weighted by atomic mass is 9.63. The van der Waals surface area contributed by atoms with Gasteiger partial charge in [0, 0.05) is 15.5 Å². The van der Waals surface area contributed by atoms with E-state index in [0.29, 0.717) is 22.2 Å². The van der Waals surface area contributed by atoms with Gasteiger partial charge >= 0.3 is 6.18 Å². The zero-order valence-corrected chi connectivity index (χ0v) is 16.8. The number of aromatic nitrogens is 2. The minimum Gasteiger partial charge on any atom is -0.379 e. The number of hydrogen-bond donors (Lipinski definition) is 3. The monoisotopic (exact) mass is 453 g/mol. The zero-order valence-electron chi connectivity index (χ0n) is 15.2. The van der Waals surface area contributed by atoms with E-state index in [1.165, 1.54) is 0 Å². The minimum absolute atomic E-state index is 0.422. The number of rotatable bonds is 2. The smallest absolute Gasteiger partial charge is 0.379 e. The van der Waals surface area contributed by atoms with E-state index in [0.717, 1.165) is 10.0 Å². The normalized spacial score (nSPS) is 24.2. The Labute approximate surface area is 168 Å². The van der Waals surface area contributed by atoms with Gasteiger partial charge in [0.05, 0.1) is 17.8 Å². The van der Waals surface area contributed by atoms with Gasteiger partial charge in [-0.1, -0.05) is 48.0 Å². The van der Waals surface area contributed by atoms with E-state index in [1.54, 1.807) is 50.4 Å². The second kappa shape index (κ2) is 6.22. The Morgan fingerprint density at radius 2 is 1.93 bits per heavy atom. The summed E-state index contributed by atoms with van der Waals surface area (Å²) in [5, 5.41) is 21.4. The van der Waals surface area contributed by atoms with Crippen LogP contribution in [0.5, 0.6) is 0 Å². The van der Waals surface area contributed by atoms with Crippen LogP contribution in [-0.2, 0) is 5.41 Å². The highest BCUT2D eigenvalue weighted by molar-refractivity contribution is 9.10. The first-order valence-electron chi connectivity index (χ1n) is 8.81. The Morgan fingerprint density at radius 1 is 1.21 bits per heavy atom. The van der Waals surface area contributed by atoms with Crippen molar-refractivity contribution in [1.82, 2.24) is 10.2 Å². The predicted molar refractivity (Wildman–Crippen MR) is 105 cm³/mol. The molecule has 0 spiro atoms. The highest BCUT2D eigenvalue weighted by Gasteiger charge is 2.64. The van der Waals surface area contributed by atoms with E-state index < -0.39 is 29.7 Å². The molecule has 1 aliphatic carbocycles. The summed E-state index contributed by atoms with van der Waals surface area (Å²) in [6.07, 6.45) is -3.72. The van der Waals surface area contributed by atoms with Crippen molar-refractivity contribution >= 4 is 32.5 Å². The molecular weight excluding hydrogens is 435 g/mol. The molecule has 4 rings (SSSR count). The Hall–Kier alpha value is -2.06. The molecule has 28 heavy (non-hydrogen) atoms. The second-order valence-electron chi connectivity index (χ2n) is 7.90. The van der Waals surface area contributed by atoms with E-state index in [9.17, 15) is 18.3 Å². The molecular formula is C20H19BrF3N3O. The number of alkyl halides is 3. The third-order valence-corrected chi connectivity index (χ3v) is 6.16. The van der Waals surface area contributed by atoms with Gasteiger partial charge in [0.15, 0.2) is 5.60 Å². The Balaban J connectivity index is 1.93. The largest absolute Gasteiger partial charge is 0.419 e. The fourth-order valence-corrected chi connectivity index (χ4v) is 5.25. The van der Waals surface area contributed by atoms with Crippen molar-refractivity contribution in [1.29, 1.82) is 0 Å². The van der Waals surface area contributed by atoms with Gasteiger partial charge in [-0.25, -0.2) is 0 Å². The standard InChI is InChI=1S/C20H19BrF3N3O/c1-18(2)10-19(28,20(22,23)24)17(11-5-3-6-13(21)16(11)18)26-14-7-4-8-15-12(14)9-25-27-15/h3-9,17,26,28H,10H2,1-2H3,(H,25,27). The molecule has 4 nitrogen and oxygen atoms in total. The number of H-pyrrole nitrogens is 1. The van der Waals surface area contributed by atoms with Crippen molar-refractivity contribution in [2.45, 2.75) is 43.5 Å². The topological polar surface area (TPSA) is 60.9 Å². The first-order valence-corrected chi connectivity index (χ1v) is 9.60. The molecule has 3 N–H and O–H groups in total. The lowest BCUT2D eigenvalue weighted by molar-refractivity contribution is -0.275. The van der Waals surface area contributed by atoms with E-state index >= 15 is 0 Å². The molecule has 0 saturated heterocycles. The number of halogens is 4. The highest BCUT2D eigenvalue weighted by Crippen LogP contribution is 2.55. The Morgan fingerprint density at radius 3 is 2.64 bits per heavy atom. The predicted octanol–water partition coefficient (Wildman–Crippen LogP) is 5.45. The van der Waals surface area contributed by atoms with Gasteiger partial charge in [0.1, 0.15) is 0 Å². The van der Waals surface area contributed by atoms with Crippen LogP contribution in [-0.4, -0.2) is 27.1 Å². The molecule has 1 aliphatic rings. The lowest BCUT2D eigenvalue weighted by Crippen LogP contribution is -2.58. The Kier molecular flexibility index (Phi) is 4.28. The minimum atomic E-state index is -4.81. The van der Waals surface area contributed by atoms with E-state index in [4.69, 9.17) is 0 Å². The van der Waals surface area contributed by atoms with Gasteiger partial charge in [0.2, 0.25) is 0 Å². The molecule has 2 unspecified atom stereocenters. The van der Waals surface area contributed by atoms with Crippen molar-refractivity contribution in [3.63, 3.8) is 0 Å². The molecule has 1 aromatic heterocycles. The summed E-state index contributed by atoms with van der Waals surface area (Å²) < 4.78 is 43.2. The van der Waals surface area contributed by atoms with Crippen LogP contribution >= 0.6 is 15.9 Å².